The van der Waals surface area contributed by atoms with E-state index in [2.05, 4.69) is 4.98 Å². The van der Waals surface area contributed by atoms with Gasteiger partial charge in [0, 0.05) is 5.39 Å². The fourth-order valence-corrected chi connectivity index (χ4v) is 1.65. The molecule has 0 amide bonds. The highest BCUT2D eigenvalue weighted by Crippen LogP contribution is 2.26. The van der Waals surface area contributed by atoms with E-state index < -0.39 is 0 Å². The van der Waals surface area contributed by atoms with Crippen molar-refractivity contribution in [3.05, 3.63) is 42.1 Å². The predicted molar refractivity (Wildman–Crippen MR) is 56.2 cm³/mol. The fourth-order valence-electron chi connectivity index (χ4n) is 1.65. The quantitative estimate of drug-likeness (QED) is 0.552. The van der Waals surface area contributed by atoms with E-state index in [4.69, 9.17) is 9.68 Å². The first-order valence-electron chi connectivity index (χ1n) is 4.57. The SMILES string of the molecule is N#Cc1ccc2oc3ccccc3c2n1. The van der Waals surface area contributed by atoms with Gasteiger partial charge in [-0.25, -0.2) is 4.98 Å². The van der Waals surface area contributed by atoms with Crippen LogP contribution in [0.2, 0.25) is 0 Å². The van der Waals surface area contributed by atoms with Crippen molar-refractivity contribution in [1.29, 1.82) is 5.26 Å². The molecule has 0 unspecified atom stereocenters. The number of benzene rings is 1. The summed E-state index contributed by atoms with van der Waals surface area (Å²) < 4.78 is 5.58. The molecular weight excluding hydrogens is 188 g/mol. The molecule has 1 aromatic carbocycles. The van der Waals surface area contributed by atoms with Crippen LogP contribution in [0.1, 0.15) is 5.69 Å². The normalized spacial score (nSPS) is 10.6. The molecule has 2 heterocycles. The van der Waals surface area contributed by atoms with Crippen LogP contribution in [0.5, 0.6) is 0 Å². The zero-order valence-electron chi connectivity index (χ0n) is 7.77. The van der Waals surface area contributed by atoms with Gasteiger partial charge in [-0.15, -0.1) is 0 Å². The Bertz CT molecular complexity index is 691. The Hall–Kier alpha value is -2.34. The van der Waals surface area contributed by atoms with E-state index in [1.54, 1.807) is 12.1 Å². The lowest BCUT2D eigenvalue weighted by Crippen LogP contribution is -1.80. The fraction of sp³-hybridized carbons (Fsp3) is 0. The molecule has 0 N–H and O–H groups in total. The van der Waals surface area contributed by atoms with Crippen molar-refractivity contribution in [3.8, 4) is 6.07 Å². The van der Waals surface area contributed by atoms with Gasteiger partial charge in [-0.3, -0.25) is 0 Å². The molecule has 0 aliphatic rings. The molecule has 3 heteroatoms. The van der Waals surface area contributed by atoms with Crippen LogP contribution in [0.3, 0.4) is 0 Å². The first kappa shape index (κ1) is 8.01. The van der Waals surface area contributed by atoms with Gasteiger partial charge in [-0.1, -0.05) is 12.1 Å². The first-order chi connectivity index (χ1) is 7.38. The minimum absolute atomic E-state index is 0.411. The summed E-state index contributed by atoms with van der Waals surface area (Å²) in [5, 5.41) is 9.71. The minimum atomic E-state index is 0.411. The van der Waals surface area contributed by atoms with Gasteiger partial charge >= 0.3 is 0 Å². The van der Waals surface area contributed by atoms with E-state index in [1.165, 1.54) is 0 Å². The number of aromatic nitrogens is 1. The Morgan fingerprint density at radius 1 is 1.07 bits per heavy atom. The van der Waals surface area contributed by atoms with Crippen molar-refractivity contribution in [1.82, 2.24) is 4.98 Å². The van der Waals surface area contributed by atoms with Crippen molar-refractivity contribution >= 4 is 22.1 Å². The molecule has 3 aromatic rings. The predicted octanol–water partition coefficient (Wildman–Crippen LogP) is 2.85. The highest BCUT2D eigenvalue weighted by molar-refractivity contribution is 6.02. The molecule has 2 aromatic heterocycles. The topological polar surface area (TPSA) is 49.8 Å². The number of hydrogen-bond acceptors (Lipinski definition) is 3. The average molecular weight is 194 g/mol. The summed E-state index contributed by atoms with van der Waals surface area (Å²) in [6, 6.07) is 13.1. The maximum absolute atomic E-state index is 8.76. The lowest BCUT2D eigenvalue weighted by Gasteiger charge is -1.88. The monoisotopic (exact) mass is 194 g/mol. The number of nitriles is 1. The van der Waals surface area contributed by atoms with Gasteiger partial charge in [0.15, 0.2) is 5.58 Å². The van der Waals surface area contributed by atoms with Crippen LogP contribution in [0.15, 0.2) is 40.8 Å². The Morgan fingerprint density at radius 3 is 2.80 bits per heavy atom. The van der Waals surface area contributed by atoms with Crippen LogP contribution < -0.4 is 0 Å². The van der Waals surface area contributed by atoms with Crippen molar-refractivity contribution in [2.24, 2.45) is 0 Å². The summed E-state index contributed by atoms with van der Waals surface area (Å²) in [5.41, 5.74) is 2.68. The van der Waals surface area contributed by atoms with E-state index in [-0.39, 0.29) is 0 Å². The van der Waals surface area contributed by atoms with Crippen LogP contribution in [0.4, 0.5) is 0 Å². The molecule has 3 rings (SSSR count). The second-order valence-corrected chi connectivity index (χ2v) is 3.25. The molecule has 0 saturated carbocycles. The lowest BCUT2D eigenvalue weighted by molar-refractivity contribution is 0.668. The number of nitrogens with zero attached hydrogens (tertiary/aromatic N) is 2. The Morgan fingerprint density at radius 2 is 1.93 bits per heavy atom. The van der Waals surface area contributed by atoms with Gasteiger partial charge in [0.05, 0.1) is 0 Å². The van der Waals surface area contributed by atoms with E-state index in [1.807, 2.05) is 30.3 Å². The lowest BCUT2D eigenvalue weighted by atomic mass is 10.2. The molecule has 3 nitrogen and oxygen atoms in total. The number of pyridine rings is 1. The molecule has 0 aliphatic carbocycles. The van der Waals surface area contributed by atoms with Gasteiger partial charge < -0.3 is 4.42 Å². The third-order valence-electron chi connectivity index (χ3n) is 2.33. The smallest absolute Gasteiger partial charge is 0.153 e. The number of para-hydroxylation sites is 1. The Kier molecular flexibility index (Phi) is 1.51. The van der Waals surface area contributed by atoms with Gasteiger partial charge in [0.1, 0.15) is 22.9 Å². The highest BCUT2D eigenvalue weighted by atomic mass is 16.3. The van der Waals surface area contributed by atoms with Crippen LogP contribution in [-0.4, -0.2) is 4.98 Å². The maximum atomic E-state index is 8.76. The largest absolute Gasteiger partial charge is 0.454 e. The molecule has 0 saturated heterocycles. The molecule has 0 radical (unpaired) electrons. The van der Waals surface area contributed by atoms with Crippen molar-refractivity contribution in [2.75, 3.05) is 0 Å². The highest BCUT2D eigenvalue weighted by Gasteiger charge is 2.07. The molecule has 0 fully saturated rings. The van der Waals surface area contributed by atoms with Gasteiger partial charge in [-0.05, 0) is 24.3 Å². The van der Waals surface area contributed by atoms with Crippen LogP contribution >= 0.6 is 0 Å². The number of hydrogen-bond donors (Lipinski definition) is 0. The summed E-state index contributed by atoms with van der Waals surface area (Å²) >= 11 is 0. The molecule has 0 aliphatic heterocycles. The van der Waals surface area contributed by atoms with Crippen molar-refractivity contribution in [3.63, 3.8) is 0 Å². The van der Waals surface area contributed by atoms with E-state index >= 15 is 0 Å². The van der Waals surface area contributed by atoms with Crippen LogP contribution in [0.25, 0.3) is 22.1 Å². The van der Waals surface area contributed by atoms with Crippen molar-refractivity contribution in [2.45, 2.75) is 0 Å². The van der Waals surface area contributed by atoms with E-state index in [9.17, 15) is 0 Å². The second-order valence-electron chi connectivity index (χ2n) is 3.25. The molecule has 0 atom stereocenters. The summed E-state index contributed by atoms with van der Waals surface area (Å²) in [5.74, 6) is 0. The summed E-state index contributed by atoms with van der Waals surface area (Å²) in [6.45, 7) is 0. The number of furan rings is 1. The molecule has 0 bridgehead atoms. The van der Waals surface area contributed by atoms with Crippen LogP contribution in [-0.2, 0) is 0 Å². The summed E-state index contributed by atoms with van der Waals surface area (Å²) in [4.78, 5) is 4.23. The molecule has 0 spiro atoms. The van der Waals surface area contributed by atoms with Gasteiger partial charge in [0.25, 0.3) is 0 Å². The van der Waals surface area contributed by atoms with Gasteiger partial charge in [-0.2, -0.15) is 5.26 Å². The molecular formula is C12H6N2O. The third-order valence-corrected chi connectivity index (χ3v) is 2.33. The van der Waals surface area contributed by atoms with E-state index in [0.717, 1.165) is 22.1 Å². The maximum Gasteiger partial charge on any atom is 0.153 e. The summed E-state index contributed by atoms with van der Waals surface area (Å²) in [6.07, 6.45) is 0. The number of fused-ring (bicyclic) bond motifs is 3. The first-order valence-corrected chi connectivity index (χ1v) is 4.57. The standard InChI is InChI=1S/C12H6N2O/c13-7-8-5-6-11-12(14-8)9-3-1-2-4-10(9)15-11/h1-6H. The zero-order valence-corrected chi connectivity index (χ0v) is 7.77. The molecule has 15 heavy (non-hydrogen) atoms. The van der Waals surface area contributed by atoms with E-state index in [0.29, 0.717) is 5.69 Å². The molecule has 70 valence electrons. The number of rotatable bonds is 0. The second kappa shape index (κ2) is 2.82. The minimum Gasteiger partial charge on any atom is -0.454 e. The van der Waals surface area contributed by atoms with Gasteiger partial charge in [0.2, 0.25) is 0 Å². The zero-order chi connectivity index (χ0) is 10.3. The van der Waals surface area contributed by atoms with Crippen LogP contribution in [0, 0.1) is 11.3 Å². The Balaban J connectivity index is 2.53. The Labute approximate surface area is 85.6 Å². The van der Waals surface area contributed by atoms with Crippen molar-refractivity contribution < 1.29 is 4.42 Å². The summed E-state index contributed by atoms with van der Waals surface area (Å²) in [7, 11) is 0. The average Bonchev–Trinajstić information content (AvgIpc) is 2.66. The third kappa shape index (κ3) is 1.09.